The van der Waals surface area contributed by atoms with Gasteiger partial charge < -0.3 is 9.80 Å². The second-order valence-corrected chi connectivity index (χ2v) is 5.56. The number of nitrogens with zero attached hydrogens (tertiary/aromatic N) is 3. The fraction of sp³-hybridized carbons (Fsp3) is 0.294. The van der Waals surface area contributed by atoms with Crippen LogP contribution in [0.15, 0.2) is 53.5 Å². The first-order valence-electron chi connectivity index (χ1n) is 7.41. The molecule has 1 amide bonds. The average molecular weight is 297 g/mol. The summed E-state index contributed by atoms with van der Waals surface area (Å²) in [5.41, 5.74) is 1.18. The lowest BCUT2D eigenvalue weighted by molar-refractivity contribution is 0.0663. The molecule has 1 aliphatic heterocycles. The number of pyridine rings is 1. The Morgan fingerprint density at radius 2 is 1.64 bits per heavy atom. The van der Waals surface area contributed by atoms with E-state index >= 15 is 0 Å². The molecule has 0 spiro atoms. The molecule has 1 aromatic carbocycles. The number of hydrogen-bond acceptors (Lipinski definition) is 3. The number of likely N-dealkylation sites (N-methyl/N-ethyl adjacent to an activating group) is 1. The monoisotopic (exact) mass is 297 g/mol. The minimum absolute atomic E-state index is 0.0159. The van der Waals surface area contributed by atoms with E-state index in [4.69, 9.17) is 0 Å². The molecule has 1 aliphatic rings. The molecule has 0 aliphatic carbocycles. The van der Waals surface area contributed by atoms with Gasteiger partial charge in [-0.25, -0.2) is 0 Å². The molecule has 114 valence electrons. The molecule has 2 heterocycles. The number of carbonyl (C=O) groups is 1. The summed E-state index contributed by atoms with van der Waals surface area (Å²) in [5.74, 6) is -0.0159. The van der Waals surface area contributed by atoms with Crippen LogP contribution in [-0.2, 0) is 0 Å². The third-order valence-corrected chi connectivity index (χ3v) is 3.98. The zero-order valence-corrected chi connectivity index (χ0v) is 12.6. The van der Waals surface area contributed by atoms with Crippen LogP contribution >= 0.6 is 0 Å². The Morgan fingerprint density at radius 1 is 0.955 bits per heavy atom. The predicted octanol–water partition coefficient (Wildman–Crippen LogP) is 1.23. The minimum atomic E-state index is -0.138. The van der Waals surface area contributed by atoms with Gasteiger partial charge in [0.25, 0.3) is 11.5 Å². The van der Waals surface area contributed by atoms with E-state index in [9.17, 15) is 9.59 Å². The van der Waals surface area contributed by atoms with Crippen molar-refractivity contribution >= 4 is 5.91 Å². The van der Waals surface area contributed by atoms with Crippen LogP contribution in [0.1, 0.15) is 10.4 Å². The van der Waals surface area contributed by atoms with E-state index in [1.807, 2.05) is 35.2 Å². The number of rotatable bonds is 2. The van der Waals surface area contributed by atoms with E-state index in [1.165, 1.54) is 10.6 Å². The lowest BCUT2D eigenvalue weighted by Gasteiger charge is -2.32. The normalized spacial score (nSPS) is 15.8. The van der Waals surface area contributed by atoms with Crippen LogP contribution in [0.3, 0.4) is 0 Å². The van der Waals surface area contributed by atoms with Crippen LogP contribution in [0.4, 0.5) is 0 Å². The first-order valence-corrected chi connectivity index (χ1v) is 7.41. The molecule has 0 N–H and O–H groups in total. The molecule has 22 heavy (non-hydrogen) atoms. The summed E-state index contributed by atoms with van der Waals surface area (Å²) in [6.45, 7) is 3.20. The summed E-state index contributed by atoms with van der Waals surface area (Å²) in [5, 5.41) is 0. The van der Waals surface area contributed by atoms with E-state index < -0.39 is 0 Å². The summed E-state index contributed by atoms with van der Waals surface area (Å²) >= 11 is 0. The van der Waals surface area contributed by atoms with Gasteiger partial charge in [0.2, 0.25) is 0 Å². The van der Waals surface area contributed by atoms with Gasteiger partial charge >= 0.3 is 0 Å². The summed E-state index contributed by atoms with van der Waals surface area (Å²) in [7, 11) is 2.05. The van der Waals surface area contributed by atoms with Crippen molar-refractivity contribution in [2.75, 3.05) is 33.2 Å². The highest BCUT2D eigenvalue weighted by Gasteiger charge is 2.20. The van der Waals surface area contributed by atoms with Gasteiger partial charge in [-0.3, -0.25) is 14.2 Å². The van der Waals surface area contributed by atoms with Crippen molar-refractivity contribution in [2.45, 2.75) is 0 Å². The second-order valence-electron chi connectivity index (χ2n) is 5.56. The van der Waals surface area contributed by atoms with Crippen molar-refractivity contribution in [3.8, 4) is 5.69 Å². The van der Waals surface area contributed by atoms with E-state index in [1.54, 1.807) is 12.3 Å². The van der Waals surface area contributed by atoms with Gasteiger partial charge in [0.1, 0.15) is 0 Å². The number of piperazine rings is 1. The summed E-state index contributed by atoms with van der Waals surface area (Å²) in [6, 6.07) is 12.4. The summed E-state index contributed by atoms with van der Waals surface area (Å²) < 4.78 is 1.52. The fourth-order valence-corrected chi connectivity index (χ4v) is 2.60. The molecule has 0 saturated carbocycles. The number of para-hydroxylation sites is 1. The number of carbonyl (C=O) groups excluding carboxylic acids is 1. The molecular formula is C17H19N3O2. The van der Waals surface area contributed by atoms with E-state index in [0.717, 1.165) is 31.9 Å². The number of amides is 1. The van der Waals surface area contributed by atoms with Gasteiger partial charge in [-0.1, -0.05) is 18.2 Å². The minimum Gasteiger partial charge on any atom is -0.336 e. The number of hydrogen-bond donors (Lipinski definition) is 0. The van der Waals surface area contributed by atoms with Gasteiger partial charge in [-0.05, 0) is 25.2 Å². The molecule has 0 atom stereocenters. The van der Waals surface area contributed by atoms with Crippen LogP contribution < -0.4 is 5.56 Å². The van der Waals surface area contributed by atoms with Crippen molar-refractivity contribution in [3.63, 3.8) is 0 Å². The van der Waals surface area contributed by atoms with E-state index in [2.05, 4.69) is 11.9 Å². The Bertz CT molecular complexity index is 716. The maximum atomic E-state index is 12.6. The van der Waals surface area contributed by atoms with Crippen molar-refractivity contribution < 1.29 is 4.79 Å². The fourth-order valence-electron chi connectivity index (χ4n) is 2.60. The van der Waals surface area contributed by atoms with Crippen LogP contribution in [0.5, 0.6) is 0 Å². The maximum absolute atomic E-state index is 12.6. The molecule has 0 bridgehead atoms. The first kappa shape index (κ1) is 14.5. The van der Waals surface area contributed by atoms with Crippen LogP contribution in [0, 0.1) is 0 Å². The Labute approximate surface area is 129 Å². The van der Waals surface area contributed by atoms with Crippen molar-refractivity contribution in [3.05, 3.63) is 64.6 Å². The third kappa shape index (κ3) is 2.94. The highest BCUT2D eigenvalue weighted by molar-refractivity contribution is 5.94. The Morgan fingerprint density at radius 3 is 2.32 bits per heavy atom. The van der Waals surface area contributed by atoms with Gasteiger partial charge in [0.05, 0.1) is 5.56 Å². The summed E-state index contributed by atoms with van der Waals surface area (Å²) in [6.07, 6.45) is 1.64. The molecule has 5 nitrogen and oxygen atoms in total. The maximum Gasteiger partial charge on any atom is 0.255 e. The molecule has 1 saturated heterocycles. The Kier molecular flexibility index (Phi) is 4.06. The predicted molar refractivity (Wildman–Crippen MR) is 85.4 cm³/mol. The highest BCUT2D eigenvalue weighted by Crippen LogP contribution is 2.10. The van der Waals surface area contributed by atoms with Gasteiger partial charge in [-0.2, -0.15) is 0 Å². The molecule has 3 rings (SSSR count). The van der Waals surface area contributed by atoms with Crippen LogP contribution in [-0.4, -0.2) is 53.5 Å². The molecule has 5 heteroatoms. The molecular weight excluding hydrogens is 278 g/mol. The molecule has 0 unspecified atom stereocenters. The molecule has 1 aromatic heterocycles. The zero-order valence-electron chi connectivity index (χ0n) is 12.6. The summed E-state index contributed by atoms with van der Waals surface area (Å²) in [4.78, 5) is 28.7. The number of benzene rings is 1. The lowest BCUT2D eigenvalue weighted by atomic mass is 10.2. The Balaban J connectivity index is 1.89. The van der Waals surface area contributed by atoms with E-state index in [0.29, 0.717) is 5.56 Å². The third-order valence-electron chi connectivity index (χ3n) is 3.98. The SMILES string of the molecule is CN1CCN(C(=O)c2ccc(=O)n(-c3ccccc3)c2)CC1. The van der Waals surface area contributed by atoms with Gasteiger partial charge in [-0.15, -0.1) is 0 Å². The smallest absolute Gasteiger partial charge is 0.255 e. The number of aromatic nitrogens is 1. The lowest BCUT2D eigenvalue weighted by Crippen LogP contribution is -2.47. The van der Waals surface area contributed by atoms with E-state index in [-0.39, 0.29) is 11.5 Å². The average Bonchev–Trinajstić information content (AvgIpc) is 2.56. The molecule has 1 fully saturated rings. The second kappa shape index (κ2) is 6.15. The van der Waals surface area contributed by atoms with Gasteiger partial charge in [0, 0.05) is 44.1 Å². The zero-order chi connectivity index (χ0) is 15.5. The first-order chi connectivity index (χ1) is 10.6. The highest BCUT2D eigenvalue weighted by atomic mass is 16.2. The van der Waals surface area contributed by atoms with Crippen molar-refractivity contribution in [1.82, 2.24) is 14.4 Å². The largest absolute Gasteiger partial charge is 0.336 e. The standard InChI is InChI=1S/C17H19N3O2/c1-18-9-11-19(12-10-18)17(22)14-7-8-16(21)20(13-14)15-5-3-2-4-6-15/h2-8,13H,9-12H2,1H3. The van der Waals surface area contributed by atoms with Crippen molar-refractivity contribution in [1.29, 1.82) is 0 Å². The Hall–Kier alpha value is -2.40. The molecule has 2 aromatic rings. The molecule has 0 radical (unpaired) electrons. The van der Waals surface area contributed by atoms with Crippen LogP contribution in [0.25, 0.3) is 5.69 Å². The van der Waals surface area contributed by atoms with Crippen LogP contribution in [0.2, 0.25) is 0 Å². The van der Waals surface area contributed by atoms with Gasteiger partial charge in [0.15, 0.2) is 0 Å². The quantitative estimate of drug-likeness (QED) is 0.837. The topological polar surface area (TPSA) is 45.6 Å². The van der Waals surface area contributed by atoms with Crippen molar-refractivity contribution in [2.24, 2.45) is 0 Å².